The first-order chi connectivity index (χ1) is 27.2. The van der Waals surface area contributed by atoms with Crippen LogP contribution in [-0.4, -0.2) is 16.2 Å². The third-order valence-corrected chi connectivity index (χ3v) is 13.0. The zero-order valence-corrected chi connectivity index (χ0v) is 36.9. The number of benzene rings is 5. The van der Waals surface area contributed by atoms with Crippen molar-refractivity contribution in [2.45, 2.75) is 106 Å². The second kappa shape index (κ2) is 13.8. The normalized spacial score (nSPS) is 13.8. The third kappa shape index (κ3) is 6.93. The van der Waals surface area contributed by atoms with Crippen molar-refractivity contribution in [3.8, 4) is 17.3 Å². The monoisotopic (exact) mass is 768 g/mol. The third-order valence-electron chi connectivity index (χ3n) is 13.0. The van der Waals surface area contributed by atoms with Gasteiger partial charge in [-0.15, -0.1) is 0 Å². The van der Waals surface area contributed by atoms with Gasteiger partial charge in [0.2, 0.25) is 0 Å². The fraction of sp³-hybridized carbons (Fsp3) is 0.340. The molecule has 0 saturated carbocycles. The maximum absolute atomic E-state index is 6.94. The molecule has 0 saturated heterocycles. The van der Waals surface area contributed by atoms with Gasteiger partial charge in [-0.05, 0) is 130 Å². The average molecular weight is 769 g/mol. The molecule has 298 valence electrons. The van der Waals surface area contributed by atoms with E-state index in [4.69, 9.17) is 9.72 Å². The molecule has 58 heavy (non-hydrogen) atoms. The van der Waals surface area contributed by atoms with Gasteiger partial charge in [0.05, 0.1) is 22.4 Å². The molecule has 3 heterocycles. The Balaban J connectivity index is 1.22. The summed E-state index contributed by atoms with van der Waals surface area (Å²) < 4.78 is 9.22. The quantitative estimate of drug-likeness (QED) is 0.169. The maximum atomic E-state index is 6.94. The first-order valence-electron chi connectivity index (χ1n) is 20.8. The predicted molar refractivity (Wildman–Crippen MR) is 246 cm³/mol. The van der Waals surface area contributed by atoms with E-state index in [1.165, 1.54) is 55.7 Å². The first-order valence-corrected chi connectivity index (χ1v) is 20.8. The van der Waals surface area contributed by atoms with Gasteiger partial charge in [0.15, 0.2) is 0 Å². The van der Waals surface area contributed by atoms with Gasteiger partial charge in [-0.1, -0.05) is 106 Å². The molecule has 0 aliphatic carbocycles. The van der Waals surface area contributed by atoms with Crippen LogP contribution < -0.4 is 14.5 Å². The molecule has 0 radical (unpaired) electrons. The lowest BCUT2D eigenvalue weighted by Gasteiger charge is -2.40. The molecule has 0 atom stereocenters. The van der Waals surface area contributed by atoms with Gasteiger partial charge in [-0.3, -0.25) is 4.57 Å². The van der Waals surface area contributed by atoms with Gasteiger partial charge in [0.25, 0.3) is 0 Å². The Morgan fingerprint density at radius 2 is 1.16 bits per heavy atom. The second-order valence-corrected chi connectivity index (χ2v) is 20.1. The molecule has 5 heteroatoms. The Morgan fingerprint density at radius 3 is 1.83 bits per heavy atom. The van der Waals surface area contributed by atoms with E-state index in [1.54, 1.807) is 0 Å². The minimum atomic E-state index is -0.105. The van der Waals surface area contributed by atoms with Gasteiger partial charge in [-0.2, -0.15) is 0 Å². The van der Waals surface area contributed by atoms with Crippen LogP contribution in [0.3, 0.4) is 0 Å². The van der Waals surface area contributed by atoms with Crippen molar-refractivity contribution in [1.29, 1.82) is 0 Å². The highest BCUT2D eigenvalue weighted by molar-refractivity contribution is 6.09. The number of hydrogen-bond acceptors (Lipinski definition) is 4. The van der Waals surface area contributed by atoms with E-state index in [2.05, 4.69) is 214 Å². The van der Waals surface area contributed by atoms with Crippen LogP contribution in [0.4, 0.5) is 22.7 Å². The minimum Gasteiger partial charge on any atom is -0.457 e. The summed E-state index contributed by atoms with van der Waals surface area (Å²) in [6.45, 7) is 30.4. The van der Waals surface area contributed by atoms with Crippen LogP contribution in [0, 0.1) is 19.3 Å². The SMILES string of the molecule is Cc1cc2c(cc1C)N(c1cccc(C(C)(C)C(C)(C)C)c1)CN2c1cc(Oc2ccc3c4ccccc4n(-c4cc(C(C)(C)C)ccn4)c3c2)cc(C(C)(C)C)c1. The van der Waals surface area contributed by atoms with Crippen molar-refractivity contribution >= 4 is 44.6 Å². The number of para-hydroxylation sites is 1. The number of aryl methyl sites for hydroxylation is 2. The number of ether oxygens (including phenoxy) is 1. The Kier molecular flexibility index (Phi) is 9.34. The van der Waals surface area contributed by atoms with Gasteiger partial charge < -0.3 is 14.5 Å². The summed E-state index contributed by atoms with van der Waals surface area (Å²) in [7, 11) is 0. The van der Waals surface area contributed by atoms with Gasteiger partial charge in [0.1, 0.15) is 24.0 Å². The van der Waals surface area contributed by atoms with E-state index in [0.717, 1.165) is 34.0 Å². The van der Waals surface area contributed by atoms with Gasteiger partial charge in [0, 0.05) is 40.5 Å². The van der Waals surface area contributed by atoms with Gasteiger partial charge in [-0.25, -0.2) is 4.98 Å². The smallest absolute Gasteiger partial charge is 0.137 e. The minimum absolute atomic E-state index is 0.00186. The summed E-state index contributed by atoms with van der Waals surface area (Å²) in [4.78, 5) is 9.84. The molecule has 0 bridgehead atoms. The summed E-state index contributed by atoms with van der Waals surface area (Å²) in [5, 5.41) is 2.36. The van der Waals surface area contributed by atoms with Crippen molar-refractivity contribution < 1.29 is 4.74 Å². The van der Waals surface area contributed by atoms with E-state index in [9.17, 15) is 0 Å². The molecular weight excluding hydrogens is 709 g/mol. The largest absolute Gasteiger partial charge is 0.457 e. The molecule has 0 amide bonds. The van der Waals surface area contributed by atoms with Crippen LogP contribution in [0.15, 0.2) is 115 Å². The van der Waals surface area contributed by atoms with Gasteiger partial charge >= 0.3 is 0 Å². The standard InChI is InChI=1S/C53H60N4O/c1-34-25-47-48(26-35(34)2)56(33-55(47)39-18-16-17-37(27-39)53(12,13)52(9,10)11)40-28-38(51(6,7)8)29-42(31-40)58-41-21-22-44-43-19-14-15-20-45(43)57(46(44)32-41)49-30-36(23-24-54-49)50(3,4)5/h14-32H,33H2,1-13H3. The lowest BCUT2D eigenvalue weighted by atomic mass is 9.65. The van der Waals surface area contributed by atoms with E-state index in [-0.39, 0.29) is 21.7 Å². The zero-order valence-electron chi connectivity index (χ0n) is 36.9. The first kappa shape index (κ1) is 39.3. The topological polar surface area (TPSA) is 33.5 Å². The molecule has 0 N–H and O–H groups in total. The van der Waals surface area contributed by atoms with E-state index >= 15 is 0 Å². The molecule has 8 rings (SSSR count). The van der Waals surface area contributed by atoms with Crippen molar-refractivity contribution in [2.75, 3.05) is 16.5 Å². The number of aromatic nitrogens is 2. The highest BCUT2D eigenvalue weighted by Crippen LogP contribution is 2.49. The number of fused-ring (bicyclic) bond motifs is 4. The Morgan fingerprint density at radius 1 is 0.517 bits per heavy atom. The van der Waals surface area contributed by atoms with Crippen LogP contribution in [-0.2, 0) is 16.2 Å². The number of rotatable bonds is 6. The highest BCUT2D eigenvalue weighted by atomic mass is 16.5. The fourth-order valence-corrected chi connectivity index (χ4v) is 8.08. The van der Waals surface area contributed by atoms with Crippen molar-refractivity contribution in [3.63, 3.8) is 0 Å². The number of nitrogens with zero attached hydrogens (tertiary/aromatic N) is 4. The van der Waals surface area contributed by atoms with Crippen LogP contribution >= 0.6 is 0 Å². The summed E-state index contributed by atoms with van der Waals surface area (Å²) in [6.07, 6.45) is 1.93. The summed E-state index contributed by atoms with van der Waals surface area (Å²) in [5.74, 6) is 2.51. The molecule has 2 aromatic heterocycles. The van der Waals surface area contributed by atoms with Crippen LogP contribution in [0.25, 0.3) is 27.6 Å². The van der Waals surface area contributed by atoms with Crippen molar-refractivity contribution in [2.24, 2.45) is 5.41 Å². The lowest BCUT2D eigenvalue weighted by Crippen LogP contribution is -2.34. The molecule has 7 aromatic rings. The highest BCUT2D eigenvalue weighted by Gasteiger charge is 2.36. The molecule has 5 aromatic carbocycles. The molecular formula is C53H60N4O. The van der Waals surface area contributed by atoms with Crippen LogP contribution in [0.1, 0.15) is 104 Å². The average Bonchev–Trinajstić information content (AvgIpc) is 3.69. The van der Waals surface area contributed by atoms with E-state index < -0.39 is 0 Å². The van der Waals surface area contributed by atoms with Crippen molar-refractivity contribution in [1.82, 2.24) is 9.55 Å². The molecule has 0 unspecified atom stereocenters. The predicted octanol–water partition coefficient (Wildman–Crippen LogP) is 14.8. The Labute approximate surface area is 346 Å². The molecule has 0 fully saturated rings. The molecule has 1 aliphatic rings. The Hall–Kier alpha value is -5.55. The Bertz CT molecular complexity index is 2700. The summed E-state index contributed by atoms with van der Waals surface area (Å²) in [5.41, 5.74) is 13.3. The number of hydrogen-bond donors (Lipinski definition) is 0. The second-order valence-electron chi connectivity index (χ2n) is 20.1. The fourth-order valence-electron chi connectivity index (χ4n) is 8.08. The summed E-state index contributed by atoms with van der Waals surface area (Å²) in [6, 6.07) is 40.1. The van der Waals surface area contributed by atoms with Crippen molar-refractivity contribution in [3.05, 3.63) is 143 Å². The maximum Gasteiger partial charge on any atom is 0.137 e. The number of pyridine rings is 1. The van der Waals surface area contributed by atoms with E-state index in [1.807, 2.05) is 6.20 Å². The molecule has 5 nitrogen and oxygen atoms in total. The molecule has 0 spiro atoms. The zero-order chi connectivity index (χ0) is 41.5. The van der Waals surface area contributed by atoms with E-state index in [0.29, 0.717) is 6.67 Å². The van der Waals surface area contributed by atoms with Crippen LogP contribution in [0.5, 0.6) is 11.5 Å². The molecule has 1 aliphatic heterocycles. The number of anilines is 4. The summed E-state index contributed by atoms with van der Waals surface area (Å²) >= 11 is 0. The van der Waals surface area contributed by atoms with Crippen LogP contribution in [0.2, 0.25) is 0 Å². The lowest BCUT2D eigenvalue weighted by molar-refractivity contribution is 0.225.